The number of hydrogen-bond donors (Lipinski definition) is 1. The first-order chi connectivity index (χ1) is 8.40. The third kappa shape index (κ3) is 3.14. The van der Waals surface area contributed by atoms with Crippen LogP contribution in [-0.2, 0) is 14.8 Å². The van der Waals surface area contributed by atoms with Crippen LogP contribution < -0.4 is 4.72 Å². The maximum atomic E-state index is 12.3. The molecule has 2 heterocycles. The second kappa shape index (κ2) is 5.58. The van der Waals surface area contributed by atoms with E-state index in [1.807, 2.05) is 13.8 Å². The van der Waals surface area contributed by atoms with Crippen LogP contribution >= 0.6 is 27.3 Å². The summed E-state index contributed by atoms with van der Waals surface area (Å²) in [6.07, 6.45) is 0.913. The molecule has 1 fully saturated rings. The van der Waals surface area contributed by atoms with Gasteiger partial charge in [0.05, 0.1) is 15.3 Å². The Morgan fingerprint density at radius 3 is 2.83 bits per heavy atom. The van der Waals surface area contributed by atoms with E-state index < -0.39 is 10.0 Å². The second-order valence-corrected chi connectivity index (χ2v) is 8.82. The van der Waals surface area contributed by atoms with Gasteiger partial charge in [-0.25, -0.2) is 13.1 Å². The highest BCUT2D eigenvalue weighted by atomic mass is 79.9. The Kier molecular flexibility index (Phi) is 4.48. The van der Waals surface area contributed by atoms with Crippen molar-refractivity contribution in [1.29, 1.82) is 0 Å². The lowest BCUT2D eigenvalue weighted by molar-refractivity contribution is 0.180. The number of ether oxygens (including phenoxy) is 1. The van der Waals surface area contributed by atoms with Crippen molar-refractivity contribution in [2.24, 2.45) is 5.92 Å². The molecule has 2 unspecified atom stereocenters. The second-order valence-electron chi connectivity index (χ2n) is 4.50. The summed E-state index contributed by atoms with van der Waals surface area (Å²) in [6.45, 7) is 5.07. The molecule has 0 aliphatic carbocycles. The maximum Gasteiger partial charge on any atom is 0.241 e. The van der Waals surface area contributed by atoms with Gasteiger partial charge < -0.3 is 4.74 Å². The maximum absolute atomic E-state index is 12.3. The lowest BCUT2D eigenvalue weighted by Gasteiger charge is -2.19. The summed E-state index contributed by atoms with van der Waals surface area (Å²) >= 11 is 4.74. The first kappa shape index (κ1) is 14.5. The molecule has 1 aliphatic rings. The van der Waals surface area contributed by atoms with Crippen molar-refractivity contribution in [3.05, 3.63) is 14.7 Å². The lowest BCUT2D eigenvalue weighted by atomic mass is 10.0. The largest absolute Gasteiger partial charge is 0.381 e. The van der Waals surface area contributed by atoms with Crippen LogP contribution in [0.15, 0.2) is 14.7 Å². The summed E-state index contributed by atoms with van der Waals surface area (Å²) in [5.41, 5.74) is 0. The molecule has 0 aromatic carbocycles. The van der Waals surface area contributed by atoms with Crippen LogP contribution in [0.4, 0.5) is 0 Å². The van der Waals surface area contributed by atoms with Gasteiger partial charge in [0.25, 0.3) is 0 Å². The molecule has 0 bridgehead atoms. The van der Waals surface area contributed by atoms with Crippen molar-refractivity contribution in [2.45, 2.75) is 31.2 Å². The average molecular weight is 354 g/mol. The van der Waals surface area contributed by atoms with Gasteiger partial charge in [-0.2, -0.15) is 0 Å². The molecule has 0 radical (unpaired) electrons. The van der Waals surface area contributed by atoms with Crippen LogP contribution in [0.5, 0.6) is 0 Å². The molecule has 7 heteroatoms. The number of rotatable bonds is 4. The van der Waals surface area contributed by atoms with E-state index in [0.717, 1.165) is 21.7 Å². The van der Waals surface area contributed by atoms with E-state index in [2.05, 4.69) is 20.7 Å². The topological polar surface area (TPSA) is 55.4 Å². The summed E-state index contributed by atoms with van der Waals surface area (Å²) in [7, 11) is -3.43. The third-order valence-electron chi connectivity index (χ3n) is 3.14. The van der Waals surface area contributed by atoms with Crippen molar-refractivity contribution in [1.82, 2.24) is 4.72 Å². The monoisotopic (exact) mass is 353 g/mol. The highest BCUT2D eigenvalue weighted by molar-refractivity contribution is 9.11. The summed E-state index contributed by atoms with van der Waals surface area (Å²) in [6, 6.07) is 1.55. The van der Waals surface area contributed by atoms with Gasteiger partial charge in [-0.05, 0) is 42.3 Å². The minimum atomic E-state index is -3.43. The van der Waals surface area contributed by atoms with Gasteiger partial charge in [0.1, 0.15) is 0 Å². The van der Waals surface area contributed by atoms with Crippen molar-refractivity contribution < 1.29 is 13.2 Å². The number of thiophene rings is 1. The number of sulfonamides is 1. The quantitative estimate of drug-likeness (QED) is 0.904. The van der Waals surface area contributed by atoms with Crippen molar-refractivity contribution in [3.63, 3.8) is 0 Å². The Morgan fingerprint density at radius 2 is 2.33 bits per heavy atom. The molecule has 1 N–H and O–H groups in total. The van der Waals surface area contributed by atoms with E-state index in [4.69, 9.17) is 4.74 Å². The predicted molar refractivity (Wildman–Crippen MR) is 75.5 cm³/mol. The van der Waals surface area contributed by atoms with Gasteiger partial charge in [0.2, 0.25) is 10.0 Å². The molecule has 102 valence electrons. The summed E-state index contributed by atoms with van der Waals surface area (Å²) in [4.78, 5) is 1.16. The predicted octanol–water partition coefficient (Wildman–Crippen LogP) is 2.52. The van der Waals surface area contributed by atoms with Crippen LogP contribution in [0, 0.1) is 12.8 Å². The number of nitrogens with one attached hydrogen (secondary N) is 1. The third-order valence-corrected chi connectivity index (χ3v) is 6.51. The number of halogens is 1. The average Bonchev–Trinajstić information content (AvgIpc) is 2.86. The first-order valence-corrected chi connectivity index (χ1v) is 8.85. The first-order valence-electron chi connectivity index (χ1n) is 5.76. The molecule has 1 aromatic heterocycles. The van der Waals surface area contributed by atoms with Gasteiger partial charge in [0, 0.05) is 23.4 Å². The van der Waals surface area contributed by atoms with E-state index in [9.17, 15) is 8.42 Å². The Bertz CT molecular complexity index is 520. The molecular formula is C11H16BrNO3S2. The minimum Gasteiger partial charge on any atom is -0.381 e. The molecule has 4 nitrogen and oxygen atoms in total. The smallest absolute Gasteiger partial charge is 0.241 e. The van der Waals surface area contributed by atoms with E-state index in [1.165, 1.54) is 11.3 Å². The highest BCUT2D eigenvalue weighted by Crippen LogP contribution is 2.30. The standard InChI is InChI=1S/C11H16BrNO3S2/c1-7(9-3-4-16-6-9)13-18(14,15)10-5-11(12)17-8(10)2/h5,7,9,13H,3-4,6H2,1-2H3. The van der Waals surface area contributed by atoms with Gasteiger partial charge in [-0.1, -0.05) is 0 Å². The Morgan fingerprint density at radius 1 is 1.61 bits per heavy atom. The zero-order valence-corrected chi connectivity index (χ0v) is 13.5. The van der Waals surface area contributed by atoms with Gasteiger partial charge in [-0.3, -0.25) is 0 Å². The van der Waals surface area contributed by atoms with Crippen LogP contribution in [0.2, 0.25) is 0 Å². The van der Waals surface area contributed by atoms with Crippen LogP contribution in [0.25, 0.3) is 0 Å². The van der Waals surface area contributed by atoms with Crippen LogP contribution in [0.3, 0.4) is 0 Å². The molecule has 18 heavy (non-hydrogen) atoms. The molecule has 1 saturated heterocycles. The van der Waals surface area contributed by atoms with Crippen molar-refractivity contribution in [2.75, 3.05) is 13.2 Å². The van der Waals surface area contributed by atoms with Gasteiger partial charge in [0.15, 0.2) is 0 Å². The molecule has 1 aromatic rings. The lowest BCUT2D eigenvalue weighted by Crippen LogP contribution is -2.38. The molecule has 2 atom stereocenters. The van der Waals surface area contributed by atoms with Gasteiger partial charge in [-0.15, -0.1) is 11.3 Å². The fourth-order valence-corrected chi connectivity index (χ4v) is 5.78. The van der Waals surface area contributed by atoms with E-state index in [1.54, 1.807) is 6.07 Å². The van der Waals surface area contributed by atoms with E-state index >= 15 is 0 Å². The Hall–Kier alpha value is 0.0500. The zero-order valence-electron chi connectivity index (χ0n) is 10.3. The summed E-state index contributed by atoms with van der Waals surface area (Å²) < 4.78 is 33.4. The SMILES string of the molecule is Cc1sc(Br)cc1S(=O)(=O)NC(C)C1CCOC1. The zero-order chi connectivity index (χ0) is 13.3. The summed E-state index contributed by atoms with van der Waals surface area (Å²) in [5, 5.41) is 0. The molecule has 2 rings (SSSR count). The van der Waals surface area contributed by atoms with E-state index in [-0.39, 0.29) is 12.0 Å². The van der Waals surface area contributed by atoms with Gasteiger partial charge >= 0.3 is 0 Å². The number of hydrogen-bond acceptors (Lipinski definition) is 4. The van der Waals surface area contributed by atoms with Crippen LogP contribution in [-0.4, -0.2) is 27.7 Å². The Labute approximate surface area is 120 Å². The molecule has 1 aliphatic heterocycles. The Balaban J connectivity index is 2.14. The van der Waals surface area contributed by atoms with Crippen molar-refractivity contribution in [3.8, 4) is 0 Å². The fraction of sp³-hybridized carbons (Fsp3) is 0.636. The molecule has 0 spiro atoms. The minimum absolute atomic E-state index is 0.101. The fourth-order valence-electron chi connectivity index (χ4n) is 2.05. The molecular weight excluding hydrogens is 338 g/mol. The van der Waals surface area contributed by atoms with Crippen molar-refractivity contribution >= 4 is 37.3 Å². The molecule has 0 amide bonds. The number of aryl methyl sites for hydroxylation is 1. The summed E-state index contributed by atoms with van der Waals surface area (Å²) in [5.74, 6) is 0.266. The highest BCUT2D eigenvalue weighted by Gasteiger charge is 2.28. The molecule has 0 saturated carbocycles. The normalized spacial score (nSPS) is 22.3. The van der Waals surface area contributed by atoms with Crippen LogP contribution in [0.1, 0.15) is 18.2 Å². The van der Waals surface area contributed by atoms with E-state index in [0.29, 0.717) is 11.5 Å².